The van der Waals surface area contributed by atoms with Crippen molar-refractivity contribution >= 4 is 0 Å². The third kappa shape index (κ3) is 3.87. The quantitative estimate of drug-likeness (QED) is 0.893. The molecule has 0 bridgehead atoms. The molecule has 0 spiro atoms. The largest absolute Gasteiger partial charge is 0.298 e. The Morgan fingerprint density at radius 1 is 1.16 bits per heavy atom. The molecule has 2 rings (SSSR count). The zero-order chi connectivity index (χ0) is 13.5. The van der Waals surface area contributed by atoms with Crippen molar-refractivity contribution in [2.75, 3.05) is 6.54 Å². The van der Waals surface area contributed by atoms with Crippen molar-refractivity contribution < 1.29 is 4.39 Å². The summed E-state index contributed by atoms with van der Waals surface area (Å²) in [5.74, 6) is -0.233. The number of aromatic nitrogens is 1. The standard InChI is InChI=1S/C15H14FN3/c16-14-3-1-12(2-4-14)5-10-19-15(11-17)13-6-8-18-9-7-13/h1-4,6-9,15,19H,5,10H2. The average molecular weight is 255 g/mol. The maximum Gasteiger partial charge on any atom is 0.123 e. The SMILES string of the molecule is N#CC(NCCc1ccc(F)cc1)c1ccncc1. The van der Waals surface area contributed by atoms with Crippen LogP contribution < -0.4 is 5.32 Å². The van der Waals surface area contributed by atoms with Crippen LogP contribution in [0.4, 0.5) is 4.39 Å². The van der Waals surface area contributed by atoms with Gasteiger partial charge in [0.1, 0.15) is 11.9 Å². The second-order valence-electron chi connectivity index (χ2n) is 4.17. The van der Waals surface area contributed by atoms with Crippen LogP contribution in [0.2, 0.25) is 0 Å². The van der Waals surface area contributed by atoms with E-state index >= 15 is 0 Å². The molecule has 1 aromatic heterocycles. The summed E-state index contributed by atoms with van der Waals surface area (Å²) in [5.41, 5.74) is 1.94. The van der Waals surface area contributed by atoms with Crippen molar-refractivity contribution in [3.63, 3.8) is 0 Å². The van der Waals surface area contributed by atoms with Crippen LogP contribution in [-0.4, -0.2) is 11.5 Å². The van der Waals surface area contributed by atoms with Gasteiger partial charge < -0.3 is 0 Å². The number of nitrogens with zero attached hydrogens (tertiary/aromatic N) is 2. The van der Waals surface area contributed by atoms with E-state index in [1.165, 1.54) is 12.1 Å². The second-order valence-corrected chi connectivity index (χ2v) is 4.17. The lowest BCUT2D eigenvalue weighted by atomic mass is 10.1. The second kappa shape index (κ2) is 6.62. The Morgan fingerprint density at radius 2 is 1.84 bits per heavy atom. The number of nitriles is 1. The number of hydrogen-bond acceptors (Lipinski definition) is 3. The van der Waals surface area contributed by atoms with Crippen LogP contribution in [0.25, 0.3) is 0 Å². The third-order valence-corrected chi connectivity index (χ3v) is 2.84. The highest BCUT2D eigenvalue weighted by atomic mass is 19.1. The first-order valence-electron chi connectivity index (χ1n) is 6.07. The smallest absolute Gasteiger partial charge is 0.123 e. The van der Waals surface area contributed by atoms with Crippen molar-refractivity contribution in [3.8, 4) is 6.07 Å². The number of pyridine rings is 1. The molecule has 1 aromatic carbocycles. The van der Waals surface area contributed by atoms with Gasteiger partial charge in [-0.1, -0.05) is 12.1 Å². The summed E-state index contributed by atoms with van der Waals surface area (Å²) in [6, 6.07) is 11.9. The van der Waals surface area contributed by atoms with E-state index in [1.807, 2.05) is 12.1 Å². The molecule has 3 nitrogen and oxygen atoms in total. The molecule has 1 N–H and O–H groups in total. The van der Waals surface area contributed by atoms with E-state index in [4.69, 9.17) is 5.26 Å². The van der Waals surface area contributed by atoms with E-state index in [0.29, 0.717) is 6.54 Å². The van der Waals surface area contributed by atoms with Gasteiger partial charge in [-0.3, -0.25) is 10.3 Å². The Balaban J connectivity index is 1.88. The highest BCUT2D eigenvalue weighted by molar-refractivity contribution is 5.21. The Hall–Kier alpha value is -2.25. The third-order valence-electron chi connectivity index (χ3n) is 2.84. The van der Waals surface area contributed by atoms with Crippen molar-refractivity contribution in [2.24, 2.45) is 0 Å². The van der Waals surface area contributed by atoms with Crippen molar-refractivity contribution in [3.05, 3.63) is 65.7 Å². The van der Waals surface area contributed by atoms with Gasteiger partial charge >= 0.3 is 0 Å². The molecule has 0 aliphatic carbocycles. The predicted molar refractivity (Wildman–Crippen MR) is 70.7 cm³/mol. The van der Waals surface area contributed by atoms with Crippen molar-refractivity contribution in [2.45, 2.75) is 12.5 Å². The fourth-order valence-corrected chi connectivity index (χ4v) is 1.81. The molecule has 0 fully saturated rings. The van der Waals surface area contributed by atoms with E-state index in [2.05, 4.69) is 16.4 Å². The predicted octanol–water partition coefficient (Wildman–Crippen LogP) is 2.62. The molecule has 0 saturated heterocycles. The first-order chi connectivity index (χ1) is 9.29. The molecule has 1 unspecified atom stereocenters. The highest BCUT2D eigenvalue weighted by Crippen LogP contribution is 2.10. The number of rotatable bonds is 5. The fourth-order valence-electron chi connectivity index (χ4n) is 1.81. The topological polar surface area (TPSA) is 48.7 Å². The van der Waals surface area contributed by atoms with Gasteiger partial charge in [0, 0.05) is 18.9 Å². The van der Waals surface area contributed by atoms with E-state index in [0.717, 1.165) is 17.5 Å². The normalized spacial score (nSPS) is 11.8. The Kier molecular flexibility index (Phi) is 4.60. The zero-order valence-corrected chi connectivity index (χ0v) is 10.4. The first kappa shape index (κ1) is 13.2. The maximum atomic E-state index is 12.7. The maximum absolute atomic E-state index is 12.7. The van der Waals surface area contributed by atoms with Crippen LogP contribution in [0, 0.1) is 17.1 Å². The molecule has 0 saturated carbocycles. The summed E-state index contributed by atoms with van der Waals surface area (Å²) in [6.45, 7) is 0.659. The van der Waals surface area contributed by atoms with Gasteiger partial charge in [-0.2, -0.15) is 5.26 Å². The van der Waals surface area contributed by atoms with Gasteiger partial charge in [0.15, 0.2) is 0 Å². The molecule has 4 heteroatoms. The summed E-state index contributed by atoms with van der Waals surface area (Å²) in [5, 5.41) is 12.3. The summed E-state index contributed by atoms with van der Waals surface area (Å²) >= 11 is 0. The molecule has 0 aliphatic rings. The van der Waals surface area contributed by atoms with Crippen LogP contribution in [0.3, 0.4) is 0 Å². The Bertz CT molecular complexity index is 546. The minimum atomic E-state index is -0.344. The van der Waals surface area contributed by atoms with Gasteiger partial charge in [0.25, 0.3) is 0 Å². The number of nitrogens with one attached hydrogen (secondary N) is 1. The minimum Gasteiger partial charge on any atom is -0.298 e. The lowest BCUT2D eigenvalue weighted by molar-refractivity contribution is 0.619. The van der Waals surface area contributed by atoms with Crippen LogP contribution in [0.1, 0.15) is 17.2 Å². The molecule has 1 heterocycles. The van der Waals surface area contributed by atoms with Gasteiger partial charge in [-0.15, -0.1) is 0 Å². The molecular weight excluding hydrogens is 241 g/mol. The van der Waals surface area contributed by atoms with E-state index in [1.54, 1.807) is 24.5 Å². The summed E-state index contributed by atoms with van der Waals surface area (Å²) in [4.78, 5) is 3.93. The van der Waals surface area contributed by atoms with Gasteiger partial charge in [0.2, 0.25) is 0 Å². The van der Waals surface area contributed by atoms with Crippen molar-refractivity contribution in [1.29, 1.82) is 5.26 Å². The monoisotopic (exact) mass is 255 g/mol. The first-order valence-corrected chi connectivity index (χ1v) is 6.07. The molecule has 0 aliphatic heterocycles. The minimum absolute atomic E-state index is 0.233. The number of benzene rings is 1. The van der Waals surface area contributed by atoms with E-state index < -0.39 is 0 Å². The molecule has 0 radical (unpaired) electrons. The molecule has 0 amide bonds. The highest BCUT2D eigenvalue weighted by Gasteiger charge is 2.08. The molecule has 19 heavy (non-hydrogen) atoms. The lowest BCUT2D eigenvalue weighted by Crippen LogP contribution is -2.22. The van der Waals surface area contributed by atoms with Crippen molar-refractivity contribution in [1.82, 2.24) is 10.3 Å². The zero-order valence-electron chi connectivity index (χ0n) is 10.4. The van der Waals surface area contributed by atoms with Gasteiger partial charge in [0.05, 0.1) is 6.07 Å². The molecule has 1 atom stereocenters. The van der Waals surface area contributed by atoms with E-state index in [9.17, 15) is 4.39 Å². The lowest BCUT2D eigenvalue weighted by Gasteiger charge is -2.11. The Morgan fingerprint density at radius 3 is 2.47 bits per heavy atom. The average Bonchev–Trinajstić information content (AvgIpc) is 2.46. The van der Waals surface area contributed by atoms with Crippen LogP contribution in [0.15, 0.2) is 48.8 Å². The van der Waals surface area contributed by atoms with Crippen LogP contribution >= 0.6 is 0 Å². The van der Waals surface area contributed by atoms with E-state index in [-0.39, 0.29) is 11.9 Å². The number of halogens is 1. The Labute approximate surface area is 111 Å². The summed E-state index contributed by atoms with van der Waals surface area (Å²) in [6.07, 6.45) is 4.09. The van der Waals surface area contributed by atoms with Crippen LogP contribution in [0.5, 0.6) is 0 Å². The molecular formula is C15H14FN3. The molecule has 2 aromatic rings. The summed E-state index contributed by atoms with van der Waals surface area (Å²) in [7, 11) is 0. The number of hydrogen-bond donors (Lipinski definition) is 1. The molecule has 96 valence electrons. The fraction of sp³-hybridized carbons (Fsp3) is 0.200. The van der Waals surface area contributed by atoms with Gasteiger partial charge in [-0.25, -0.2) is 4.39 Å². The summed E-state index contributed by atoms with van der Waals surface area (Å²) < 4.78 is 12.7. The van der Waals surface area contributed by atoms with Crippen LogP contribution in [-0.2, 0) is 6.42 Å². The van der Waals surface area contributed by atoms with Gasteiger partial charge in [-0.05, 0) is 41.8 Å².